The molecule has 3 rings (SSSR count). The molecule has 0 spiro atoms. The van der Waals surface area contributed by atoms with Gasteiger partial charge in [0.05, 0.1) is 17.6 Å². The van der Waals surface area contributed by atoms with Crippen LogP contribution in [0.1, 0.15) is 28.2 Å². The number of carbonyl (C=O) groups excluding carboxylic acids is 1. The first-order valence-corrected chi connectivity index (χ1v) is 6.03. The average molecular weight is 249 g/mol. The fraction of sp³-hybridized carbons (Fsp3) is 0.125. The van der Waals surface area contributed by atoms with Crippen LogP contribution in [0.4, 0.5) is 0 Å². The van der Waals surface area contributed by atoms with Crippen molar-refractivity contribution in [3.8, 4) is 11.8 Å². The van der Waals surface area contributed by atoms with Gasteiger partial charge in [-0.2, -0.15) is 5.26 Å². The van der Waals surface area contributed by atoms with Crippen LogP contribution < -0.4 is 4.74 Å². The third-order valence-electron chi connectivity index (χ3n) is 3.38. The van der Waals surface area contributed by atoms with Gasteiger partial charge in [0.25, 0.3) is 0 Å². The molecule has 0 fully saturated rings. The largest absolute Gasteiger partial charge is 0.489 e. The number of ether oxygens (including phenoxy) is 1. The van der Waals surface area contributed by atoms with Crippen molar-refractivity contribution in [2.75, 3.05) is 0 Å². The third kappa shape index (κ3) is 1.88. The highest BCUT2D eigenvalue weighted by molar-refractivity contribution is 5.72. The van der Waals surface area contributed by atoms with Crippen LogP contribution in [0.2, 0.25) is 0 Å². The summed E-state index contributed by atoms with van der Waals surface area (Å²) in [7, 11) is 0. The monoisotopic (exact) mass is 249 g/mol. The van der Waals surface area contributed by atoms with E-state index in [1.807, 2.05) is 24.3 Å². The van der Waals surface area contributed by atoms with Crippen LogP contribution >= 0.6 is 0 Å². The molecule has 0 radical (unpaired) electrons. The maximum Gasteiger partial charge on any atom is 0.132 e. The summed E-state index contributed by atoms with van der Waals surface area (Å²) in [5, 5.41) is 8.98. The second-order valence-corrected chi connectivity index (χ2v) is 4.47. The van der Waals surface area contributed by atoms with Gasteiger partial charge in [-0.25, -0.2) is 0 Å². The van der Waals surface area contributed by atoms with Crippen molar-refractivity contribution in [2.45, 2.75) is 12.5 Å². The number of hydrogen-bond donors (Lipinski definition) is 0. The molecule has 3 nitrogen and oxygen atoms in total. The third-order valence-corrected chi connectivity index (χ3v) is 3.38. The van der Waals surface area contributed by atoms with Crippen LogP contribution in [-0.2, 0) is 11.4 Å². The standard InChI is InChI=1S/C16H11NO2/c17-8-11-5-6-16-14(7-11)15(9-18)13-4-2-1-3-12(13)10-19-16/h1-7,9,15H,10H2/t15-/m1/s1. The van der Waals surface area contributed by atoms with E-state index in [-0.39, 0.29) is 5.92 Å². The number of carbonyl (C=O) groups is 1. The van der Waals surface area contributed by atoms with Gasteiger partial charge in [0.15, 0.2) is 0 Å². The Kier molecular flexibility index (Phi) is 2.77. The zero-order chi connectivity index (χ0) is 13.2. The molecular weight excluding hydrogens is 238 g/mol. The molecule has 1 heterocycles. The second kappa shape index (κ2) is 4.58. The molecule has 0 bridgehead atoms. The highest BCUT2D eigenvalue weighted by Crippen LogP contribution is 2.36. The van der Waals surface area contributed by atoms with Crippen LogP contribution in [0, 0.1) is 11.3 Å². The first-order chi connectivity index (χ1) is 9.33. The number of fused-ring (bicyclic) bond motifs is 2. The normalized spacial score (nSPS) is 16.3. The van der Waals surface area contributed by atoms with E-state index in [0.29, 0.717) is 17.9 Å². The Bertz CT molecular complexity index is 685. The van der Waals surface area contributed by atoms with E-state index < -0.39 is 0 Å². The van der Waals surface area contributed by atoms with Gasteiger partial charge in [0.2, 0.25) is 0 Å². The number of benzene rings is 2. The van der Waals surface area contributed by atoms with Crippen molar-refractivity contribution in [3.63, 3.8) is 0 Å². The Balaban J connectivity index is 2.22. The minimum atomic E-state index is -0.373. The number of nitrogens with zero attached hydrogens (tertiary/aromatic N) is 1. The van der Waals surface area contributed by atoms with Crippen molar-refractivity contribution in [2.24, 2.45) is 0 Å². The van der Waals surface area contributed by atoms with Crippen molar-refractivity contribution in [3.05, 3.63) is 64.7 Å². The van der Waals surface area contributed by atoms with Crippen LogP contribution in [0.25, 0.3) is 0 Å². The highest BCUT2D eigenvalue weighted by atomic mass is 16.5. The Hall–Kier alpha value is -2.60. The molecule has 92 valence electrons. The lowest BCUT2D eigenvalue weighted by Crippen LogP contribution is -2.03. The van der Waals surface area contributed by atoms with Gasteiger partial charge in [0, 0.05) is 5.56 Å². The van der Waals surface area contributed by atoms with E-state index in [1.165, 1.54) is 0 Å². The molecule has 1 aliphatic rings. The van der Waals surface area contributed by atoms with Crippen LogP contribution in [0.3, 0.4) is 0 Å². The average Bonchev–Trinajstić information content (AvgIpc) is 2.62. The van der Waals surface area contributed by atoms with E-state index in [1.54, 1.807) is 18.2 Å². The molecule has 0 unspecified atom stereocenters. The Labute approximate surface area is 111 Å². The summed E-state index contributed by atoms with van der Waals surface area (Å²) >= 11 is 0. The second-order valence-electron chi connectivity index (χ2n) is 4.47. The summed E-state index contributed by atoms with van der Waals surface area (Å²) < 4.78 is 5.74. The Morgan fingerprint density at radius 3 is 2.84 bits per heavy atom. The molecule has 0 saturated carbocycles. The summed E-state index contributed by atoms with van der Waals surface area (Å²) in [6.07, 6.45) is 0.910. The summed E-state index contributed by atoms with van der Waals surface area (Å²) in [5.74, 6) is 0.300. The molecule has 2 aromatic rings. The SMILES string of the molecule is N#Cc1ccc2c(c1)[C@H](C=O)c1ccccc1CO2. The van der Waals surface area contributed by atoms with Crippen LogP contribution in [0.15, 0.2) is 42.5 Å². The fourth-order valence-corrected chi connectivity index (χ4v) is 2.43. The van der Waals surface area contributed by atoms with E-state index in [4.69, 9.17) is 10.00 Å². The maximum absolute atomic E-state index is 11.5. The number of hydrogen-bond acceptors (Lipinski definition) is 3. The molecule has 1 atom stereocenters. The minimum absolute atomic E-state index is 0.373. The lowest BCUT2D eigenvalue weighted by atomic mass is 9.89. The first kappa shape index (κ1) is 11.5. The van der Waals surface area contributed by atoms with Crippen molar-refractivity contribution < 1.29 is 9.53 Å². The van der Waals surface area contributed by atoms with E-state index in [0.717, 1.165) is 23.0 Å². The van der Waals surface area contributed by atoms with E-state index in [9.17, 15) is 4.79 Å². The number of rotatable bonds is 1. The van der Waals surface area contributed by atoms with Gasteiger partial charge in [-0.05, 0) is 29.3 Å². The Morgan fingerprint density at radius 1 is 1.21 bits per heavy atom. The molecule has 1 aliphatic heterocycles. The first-order valence-electron chi connectivity index (χ1n) is 6.03. The van der Waals surface area contributed by atoms with Gasteiger partial charge >= 0.3 is 0 Å². The predicted molar refractivity (Wildman–Crippen MR) is 69.8 cm³/mol. The van der Waals surface area contributed by atoms with Gasteiger partial charge in [-0.15, -0.1) is 0 Å². The summed E-state index contributed by atoms with van der Waals surface area (Å²) in [4.78, 5) is 11.5. The van der Waals surface area contributed by atoms with E-state index in [2.05, 4.69) is 6.07 Å². The van der Waals surface area contributed by atoms with Crippen LogP contribution in [0.5, 0.6) is 5.75 Å². The van der Waals surface area contributed by atoms with Gasteiger partial charge in [0.1, 0.15) is 18.6 Å². The zero-order valence-corrected chi connectivity index (χ0v) is 10.2. The molecule has 0 saturated heterocycles. The fourth-order valence-electron chi connectivity index (χ4n) is 2.43. The zero-order valence-electron chi connectivity index (χ0n) is 10.2. The van der Waals surface area contributed by atoms with Crippen molar-refractivity contribution >= 4 is 6.29 Å². The predicted octanol–water partition coefficient (Wildman–Crippen LogP) is 2.78. The molecule has 0 aliphatic carbocycles. The lowest BCUT2D eigenvalue weighted by Gasteiger charge is -2.12. The molecule has 19 heavy (non-hydrogen) atoms. The molecule has 0 aromatic heterocycles. The summed E-state index contributed by atoms with van der Waals surface area (Å²) in [6, 6.07) is 15.0. The van der Waals surface area contributed by atoms with Gasteiger partial charge in [-0.3, -0.25) is 0 Å². The minimum Gasteiger partial charge on any atom is -0.489 e. The number of nitriles is 1. The van der Waals surface area contributed by atoms with Crippen molar-refractivity contribution in [1.82, 2.24) is 0 Å². The highest BCUT2D eigenvalue weighted by Gasteiger charge is 2.24. The molecular formula is C16H11NO2. The van der Waals surface area contributed by atoms with E-state index >= 15 is 0 Å². The molecule has 0 N–H and O–H groups in total. The molecule has 2 aromatic carbocycles. The molecule has 0 amide bonds. The lowest BCUT2D eigenvalue weighted by molar-refractivity contribution is -0.108. The smallest absolute Gasteiger partial charge is 0.132 e. The maximum atomic E-state index is 11.5. The summed E-state index contributed by atoms with van der Waals surface area (Å²) in [6.45, 7) is 0.444. The Morgan fingerprint density at radius 2 is 2.05 bits per heavy atom. The van der Waals surface area contributed by atoms with Gasteiger partial charge in [-0.1, -0.05) is 24.3 Å². The molecule has 3 heteroatoms. The number of aldehydes is 1. The van der Waals surface area contributed by atoms with Gasteiger partial charge < -0.3 is 9.53 Å². The van der Waals surface area contributed by atoms with Crippen LogP contribution in [-0.4, -0.2) is 6.29 Å². The topological polar surface area (TPSA) is 50.1 Å². The summed E-state index contributed by atoms with van der Waals surface area (Å²) in [5.41, 5.74) is 3.26. The van der Waals surface area contributed by atoms with Crippen molar-refractivity contribution in [1.29, 1.82) is 5.26 Å². The quantitative estimate of drug-likeness (QED) is 0.730.